The molecule has 0 aliphatic carbocycles. The summed E-state index contributed by atoms with van der Waals surface area (Å²) in [6.07, 6.45) is 0. The first-order chi connectivity index (χ1) is 3.80. The molecule has 0 amide bonds. The number of nitrogens with one attached hydrogen (secondary N) is 1. The minimum Gasteiger partial charge on any atom is -0.379 e. The van der Waals surface area contributed by atoms with E-state index in [-0.39, 0.29) is 6.04 Å². The second kappa shape index (κ2) is 2.28. The SMILES string of the molecule is [2H]N1CCOCC1C. The lowest BCUT2D eigenvalue weighted by Gasteiger charge is -2.19. The third kappa shape index (κ3) is 1.45. The average Bonchev–Trinajstić information content (AvgIpc) is 1.77. The maximum absolute atomic E-state index is 7.23. The van der Waals surface area contributed by atoms with Gasteiger partial charge in [0.25, 0.3) is 0 Å². The average molecular weight is 102 g/mol. The van der Waals surface area contributed by atoms with Crippen molar-refractivity contribution in [2.75, 3.05) is 19.8 Å². The Kier molecular flexibility index (Phi) is 1.26. The van der Waals surface area contributed by atoms with Gasteiger partial charge in [-0.1, -0.05) is 0 Å². The molecule has 0 radical (unpaired) electrons. The number of hydrogen-bond acceptors (Lipinski definition) is 2. The van der Waals surface area contributed by atoms with Crippen LogP contribution in [0.2, 0.25) is 1.41 Å². The van der Waals surface area contributed by atoms with E-state index >= 15 is 0 Å². The van der Waals surface area contributed by atoms with Crippen LogP contribution in [0.1, 0.15) is 6.92 Å². The molecular formula is C5H11NO. The minimum absolute atomic E-state index is 0.281. The molecule has 0 aromatic rings. The van der Waals surface area contributed by atoms with Crippen LogP contribution in [0.3, 0.4) is 0 Å². The Labute approximate surface area is 45.3 Å². The summed E-state index contributed by atoms with van der Waals surface area (Å²) in [5, 5.41) is 1.56. The summed E-state index contributed by atoms with van der Waals surface area (Å²) < 4.78 is 12.3. The minimum atomic E-state index is 0.281. The van der Waals surface area contributed by atoms with Gasteiger partial charge in [-0.3, -0.25) is 0 Å². The molecule has 2 heteroatoms. The van der Waals surface area contributed by atoms with Crippen molar-refractivity contribution in [2.24, 2.45) is 0 Å². The highest BCUT2D eigenvalue weighted by molar-refractivity contribution is 4.62. The highest BCUT2D eigenvalue weighted by atomic mass is 16.5. The first-order valence-electron chi connectivity index (χ1n) is 3.08. The zero-order valence-corrected chi connectivity index (χ0v) is 4.55. The fraction of sp³-hybridized carbons (Fsp3) is 1.00. The van der Waals surface area contributed by atoms with Crippen molar-refractivity contribution >= 4 is 0 Å². The third-order valence-corrected chi connectivity index (χ3v) is 1.04. The van der Waals surface area contributed by atoms with Gasteiger partial charge in [0.1, 0.15) is 1.41 Å². The van der Waals surface area contributed by atoms with Gasteiger partial charge in [0.15, 0.2) is 0 Å². The molecule has 1 aliphatic heterocycles. The third-order valence-electron chi connectivity index (χ3n) is 1.04. The summed E-state index contributed by atoms with van der Waals surface area (Å²) >= 11 is 0. The van der Waals surface area contributed by atoms with E-state index in [1.54, 1.807) is 5.31 Å². The largest absolute Gasteiger partial charge is 0.379 e. The van der Waals surface area contributed by atoms with E-state index in [4.69, 9.17) is 6.15 Å². The predicted octanol–water partition coefficient (Wildman–Crippen LogP) is -0.00530. The smallest absolute Gasteiger partial charge is 0.123 e. The van der Waals surface area contributed by atoms with Crippen molar-refractivity contribution in [1.82, 2.24) is 5.31 Å². The Hall–Kier alpha value is -0.0800. The fourth-order valence-electron chi connectivity index (χ4n) is 0.644. The van der Waals surface area contributed by atoms with Crippen molar-refractivity contribution < 1.29 is 6.15 Å². The number of hydrogen-bond donors (Lipinski definition) is 1. The van der Waals surface area contributed by atoms with Gasteiger partial charge in [-0.05, 0) is 6.92 Å². The van der Waals surface area contributed by atoms with E-state index in [2.05, 4.69) is 0 Å². The van der Waals surface area contributed by atoms with E-state index in [0.717, 1.165) is 6.54 Å². The molecule has 1 aliphatic rings. The topological polar surface area (TPSA) is 21.3 Å². The lowest BCUT2D eigenvalue weighted by atomic mass is 10.3. The summed E-state index contributed by atoms with van der Waals surface area (Å²) in [4.78, 5) is 0. The van der Waals surface area contributed by atoms with Crippen LogP contribution in [0.5, 0.6) is 0 Å². The maximum atomic E-state index is 7.23. The Morgan fingerprint density at radius 2 is 2.86 bits per heavy atom. The molecule has 42 valence electrons. The standard InChI is InChI=1S/C5H11NO/c1-5-4-7-3-2-6-5/h5-6H,2-4H2,1H3/i/hD. The van der Waals surface area contributed by atoms with Crippen molar-refractivity contribution in [2.45, 2.75) is 13.0 Å². The highest BCUT2D eigenvalue weighted by Gasteiger charge is 2.04. The van der Waals surface area contributed by atoms with Gasteiger partial charge < -0.3 is 10.0 Å². The van der Waals surface area contributed by atoms with Crippen LogP contribution in [-0.2, 0) is 4.74 Å². The molecule has 1 unspecified atom stereocenters. The lowest BCUT2D eigenvalue weighted by molar-refractivity contribution is 0.0824. The van der Waals surface area contributed by atoms with E-state index < -0.39 is 0 Å². The van der Waals surface area contributed by atoms with Gasteiger partial charge in [0.05, 0.1) is 13.2 Å². The van der Waals surface area contributed by atoms with Crippen molar-refractivity contribution in [1.29, 1.82) is 0 Å². The second-order valence-corrected chi connectivity index (χ2v) is 1.83. The number of morpholine rings is 1. The number of rotatable bonds is 0. The van der Waals surface area contributed by atoms with Gasteiger partial charge in [0, 0.05) is 12.6 Å². The summed E-state index contributed by atoms with van der Waals surface area (Å²) in [6, 6.07) is 0.281. The molecule has 1 saturated heterocycles. The summed E-state index contributed by atoms with van der Waals surface area (Å²) in [5.74, 6) is 0. The Balaban J connectivity index is 2.28. The van der Waals surface area contributed by atoms with Crippen LogP contribution < -0.4 is 5.31 Å². The monoisotopic (exact) mass is 102 g/mol. The first-order valence-corrected chi connectivity index (χ1v) is 2.64. The van der Waals surface area contributed by atoms with Gasteiger partial charge in [-0.15, -0.1) is 0 Å². The molecule has 0 aromatic heterocycles. The van der Waals surface area contributed by atoms with E-state index in [1.807, 2.05) is 6.92 Å². The molecule has 7 heavy (non-hydrogen) atoms. The molecule has 1 atom stereocenters. The zero-order chi connectivity index (χ0) is 5.98. The van der Waals surface area contributed by atoms with Crippen LogP contribution in [0.25, 0.3) is 0 Å². The lowest BCUT2D eigenvalue weighted by Crippen LogP contribution is -2.38. The summed E-state index contributed by atoms with van der Waals surface area (Å²) in [6.45, 7) is 4.17. The fourth-order valence-corrected chi connectivity index (χ4v) is 0.644. The Bertz CT molecular complexity index is 68.8. The second-order valence-electron chi connectivity index (χ2n) is 1.83. The van der Waals surface area contributed by atoms with Crippen molar-refractivity contribution in [3.8, 4) is 0 Å². The highest BCUT2D eigenvalue weighted by Crippen LogP contribution is 1.88. The van der Waals surface area contributed by atoms with Crippen LogP contribution in [0.15, 0.2) is 0 Å². The molecule has 0 saturated carbocycles. The van der Waals surface area contributed by atoms with E-state index in [1.165, 1.54) is 0 Å². The van der Waals surface area contributed by atoms with Crippen LogP contribution in [0, 0.1) is 0 Å². The molecule has 0 spiro atoms. The van der Waals surface area contributed by atoms with Crippen LogP contribution in [0.4, 0.5) is 0 Å². The van der Waals surface area contributed by atoms with E-state index in [9.17, 15) is 0 Å². The predicted molar refractivity (Wildman–Crippen MR) is 28.3 cm³/mol. The van der Waals surface area contributed by atoms with Gasteiger partial charge in [-0.25, -0.2) is 0 Å². The first kappa shape index (κ1) is 3.87. The molecule has 1 rings (SSSR count). The molecule has 1 fully saturated rings. The van der Waals surface area contributed by atoms with E-state index in [0.29, 0.717) is 13.2 Å². The number of ether oxygens (including phenoxy) is 1. The molecule has 0 bridgehead atoms. The van der Waals surface area contributed by atoms with Crippen molar-refractivity contribution in [3.63, 3.8) is 0 Å². The van der Waals surface area contributed by atoms with Crippen LogP contribution >= 0.6 is 0 Å². The quantitative estimate of drug-likeness (QED) is 0.464. The molecule has 2 nitrogen and oxygen atoms in total. The Morgan fingerprint density at radius 3 is 3.29 bits per heavy atom. The Morgan fingerprint density at radius 1 is 2.00 bits per heavy atom. The maximum Gasteiger partial charge on any atom is 0.123 e. The van der Waals surface area contributed by atoms with Gasteiger partial charge in [-0.2, -0.15) is 0 Å². The molecule has 1 heterocycles. The molecule has 1 N–H and O–H groups in total. The van der Waals surface area contributed by atoms with Gasteiger partial charge >= 0.3 is 0 Å². The summed E-state index contributed by atoms with van der Waals surface area (Å²) in [5.41, 5.74) is 0. The molecule has 0 aromatic carbocycles. The van der Waals surface area contributed by atoms with Crippen LogP contribution in [-0.4, -0.2) is 25.8 Å². The molecular weight excluding hydrogens is 90.1 g/mol. The van der Waals surface area contributed by atoms with Gasteiger partial charge in [0.2, 0.25) is 0 Å². The summed E-state index contributed by atoms with van der Waals surface area (Å²) in [7, 11) is 0. The normalized spacial score (nSPS) is 37.9. The zero-order valence-electron chi connectivity index (χ0n) is 5.55. The van der Waals surface area contributed by atoms with Crippen molar-refractivity contribution in [3.05, 3.63) is 0 Å².